The Hall–Kier alpha value is -1.58. The number of hydrogen-bond donors (Lipinski definition) is 3. The fraction of sp³-hybridized carbons (Fsp3) is 0.688. The minimum absolute atomic E-state index is 0.0722. The van der Waals surface area contributed by atoms with Gasteiger partial charge in [-0.1, -0.05) is 6.92 Å². The highest BCUT2D eigenvalue weighted by atomic mass is 32.2. The van der Waals surface area contributed by atoms with Gasteiger partial charge in [0.2, 0.25) is 5.91 Å². The number of β-lactam (4-membered cyclic amide) rings is 1. The van der Waals surface area contributed by atoms with E-state index in [1.807, 2.05) is 26.0 Å². The minimum atomic E-state index is -1.09. The Kier molecular flexibility index (Phi) is 6.47. The van der Waals surface area contributed by atoms with Crippen LogP contribution in [-0.2, 0) is 9.59 Å². The molecule has 0 saturated carbocycles. The summed E-state index contributed by atoms with van der Waals surface area (Å²) in [5.41, 5.74) is 3.19. The molecule has 2 heterocycles. The molecule has 1 fully saturated rings. The van der Waals surface area contributed by atoms with Crippen molar-refractivity contribution in [1.29, 1.82) is 0 Å². The zero-order valence-electron chi connectivity index (χ0n) is 15.0. The number of amidine groups is 1. The number of carbonyl (C=O) groups is 2. The van der Waals surface area contributed by atoms with Crippen molar-refractivity contribution in [2.24, 2.45) is 10.9 Å². The number of rotatable bonds is 8. The van der Waals surface area contributed by atoms with Crippen molar-refractivity contribution in [2.45, 2.75) is 38.8 Å². The van der Waals surface area contributed by atoms with Crippen molar-refractivity contribution in [1.82, 2.24) is 15.3 Å². The summed E-state index contributed by atoms with van der Waals surface area (Å²) in [5.74, 6) is -0.373. The van der Waals surface area contributed by atoms with Gasteiger partial charge in [-0.05, 0) is 6.92 Å². The number of amides is 1. The van der Waals surface area contributed by atoms with Crippen LogP contribution in [0.3, 0.4) is 0 Å². The third-order valence-electron chi connectivity index (χ3n) is 4.25. The Morgan fingerprint density at radius 1 is 1.52 bits per heavy atom. The molecule has 0 spiro atoms. The number of fused-ring (bicyclic) bond motifs is 1. The highest BCUT2D eigenvalue weighted by molar-refractivity contribution is 8.03. The lowest BCUT2D eigenvalue weighted by molar-refractivity contribution is -0.161. The second-order valence-electron chi connectivity index (χ2n) is 6.36. The number of nitrogens with one attached hydrogen (secondary N) is 1. The number of carbonyl (C=O) groups excluding carboxylic acids is 1. The smallest absolute Gasteiger partial charge is 0.353 e. The van der Waals surface area contributed by atoms with Gasteiger partial charge in [-0.2, -0.15) is 0 Å². The standard InChI is InChI=1S/C16H26N4O4S/c1-5-12(18-19(3)4)17-6-7-25-11-8-10-13(9(2)21)15(22)20(10)14(11)16(23)24/h9-10,13,21H,5-8H2,1-4H3,(H,17,18)(H,23,24)/t9-,10-,13-/m1/s1. The number of thioether (sulfide) groups is 1. The molecule has 0 aliphatic carbocycles. The molecule has 0 aromatic heterocycles. The molecule has 2 rings (SSSR count). The molecular weight excluding hydrogens is 344 g/mol. The molecule has 1 amide bonds. The molecule has 0 unspecified atom stereocenters. The number of aliphatic hydroxyl groups is 1. The monoisotopic (exact) mass is 370 g/mol. The fourth-order valence-corrected chi connectivity index (χ4v) is 4.23. The van der Waals surface area contributed by atoms with Crippen LogP contribution in [0.15, 0.2) is 15.6 Å². The molecule has 0 bridgehead atoms. The molecule has 1 saturated heterocycles. The Morgan fingerprint density at radius 2 is 2.20 bits per heavy atom. The number of aliphatic hydroxyl groups excluding tert-OH is 1. The van der Waals surface area contributed by atoms with Crippen LogP contribution in [0, 0.1) is 5.92 Å². The van der Waals surface area contributed by atoms with E-state index in [-0.39, 0.29) is 17.6 Å². The van der Waals surface area contributed by atoms with Crippen LogP contribution in [0.4, 0.5) is 0 Å². The Balaban J connectivity index is 1.98. The van der Waals surface area contributed by atoms with Crippen molar-refractivity contribution in [3.8, 4) is 0 Å². The van der Waals surface area contributed by atoms with E-state index in [0.29, 0.717) is 23.6 Å². The predicted octanol–water partition coefficient (Wildman–Crippen LogP) is 0.502. The van der Waals surface area contributed by atoms with Gasteiger partial charge in [-0.3, -0.25) is 9.79 Å². The van der Waals surface area contributed by atoms with Crippen LogP contribution in [0.2, 0.25) is 0 Å². The number of hydrazine groups is 1. The largest absolute Gasteiger partial charge is 0.477 e. The second kappa shape index (κ2) is 8.20. The zero-order valence-corrected chi connectivity index (χ0v) is 15.8. The highest BCUT2D eigenvalue weighted by Gasteiger charge is 2.56. The number of nitrogens with zero attached hydrogens (tertiary/aromatic N) is 3. The summed E-state index contributed by atoms with van der Waals surface area (Å²) in [6, 6.07) is -0.230. The Morgan fingerprint density at radius 3 is 2.72 bits per heavy atom. The van der Waals surface area contributed by atoms with E-state index in [4.69, 9.17) is 0 Å². The van der Waals surface area contributed by atoms with Crippen LogP contribution in [-0.4, -0.2) is 76.4 Å². The second-order valence-corrected chi connectivity index (χ2v) is 7.55. The molecule has 0 aromatic carbocycles. The third kappa shape index (κ3) is 4.16. The minimum Gasteiger partial charge on any atom is -0.477 e. The van der Waals surface area contributed by atoms with Crippen LogP contribution < -0.4 is 5.43 Å². The summed E-state index contributed by atoms with van der Waals surface area (Å²) in [7, 11) is 3.78. The quantitative estimate of drug-likeness (QED) is 0.188. The summed E-state index contributed by atoms with van der Waals surface area (Å²) in [4.78, 5) is 30.2. The van der Waals surface area contributed by atoms with Gasteiger partial charge in [0, 0.05) is 37.6 Å². The molecule has 3 N–H and O–H groups in total. The first-order valence-electron chi connectivity index (χ1n) is 8.35. The molecule has 25 heavy (non-hydrogen) atoms. The van der Waals surface area contributed by atoms with E-state index < -0.39 is 18.0 Å². The molecule has 140 valence electrons. The first-order valence-corrected chi connectivity index (χ1v) is 9.34. The van der Waals surface area contributed by atoms with Gasteiger partial charge in [0.15, 0.2) is 0 Å². The van der Waals surface area contributed by atoms with E-state index in [0.717, 1.165) is 12.3 Å². The van der Waals surface area contributed by atoms with E-state index in [1.54, 1.807) is 6.92 Å². The van der Waals surface area contributed by atoms with Crippen molar-refractivity contribution in [3.63, 3.8) is 0 Å². The van der Waals surface area contributed by atoms with Gasteiger partial charge in [0.05, 0.1) is 24.6 Å². The van der Waals surface area contributed by atoms with Crippen LogP contribution in [0.1, 0.15) is 26.7 Å². The molecular formula is C16H26N4O4S. The predicted molar refractivity (Wildman–Crippen MR) is 97.0 cm³/mol. The molecule has 2 aliphatic heterocycles. The molecule has 9 heteroatoms. The van der Waals surface area contributed by atoms with E-state index in [2.05, 4.69) is 10.4 Å². The van der Waals surface area contributed by atoms with Gasteiger partial charge >= 0.3 is 5.97 Å². The molecule has 8 nitrogen and oxygen atoms in total. The summed E-state index contributed by atoms with van der Waals surface area (Å²) >= 11 is 1.43. The molecule has 2 aliphatic rings. The zero-order chi connectivity index (χ0) is 18.7. The maximum absolute atomic E-state index is 12.1. The molecule has 0 aromatic rings. The Bertz CT molecular complexity index is 603. The van der Waals surface area contributed by atoms with Crippen LogP contribution in [0.25, 0.3) is 0 Å². The van der Waals surface area contributed by atoms with Crippen molar-refractivity contribution in [3.05, 3.63) is 10.6 Å². The van der Waals surface area contributed by atoms with Gasteiger partial charge in [-0.15, -0.1) is 11.8 Å². The van der Waals surface area contributed by atoms with E-state index >= 15 is 0 Å². The van der Waals surface area contributed by atoms with Gasteiger partial charge in [0.25, 0.3) is 0 Å². The first-order chi connectivity index (χ1) is 11.8. The maximum Gasteiger partial charge on any atom is 0.353 e. The van der Waals surface area contributed by atoms with Crippen molar-refractivity contribution in [2.75, 3.05) is 26.4 Å². The van der Waals surface area contributed by atoms with Gasteiger partial charge in [0.1, 0.15) is 11.5 Å². The topological polar surface area (TPSA) is 105 Å². The summed E-state index contributed by atoms with van der Waals surface area (Å²) in [6.07, 6.45) is 0.516. The maximum atomic E-state index is 12.1. The SMILES string of the molecule is CCC(=NCCSC1=C(C(=O)O)N2C(=O)[C@H]([C@@H](C)O)[C@H]2C1)NN(C)C. The normalized spacial score (nSPS) is 24.5. The van der Waals surface area contributed by atoms with Crippen LogP contribution >= 0.6 is 11.8 Å². The molecule has 0 radical (unpaired) electrons. The third-order valence-corrected chi connectivity index (χ3v) is 5.34. The highest BCUT2D eigenvalue weighted by Crippen LogP contribution is 2.46. The average Bonchev–Trinajstić information content (AvgIpc) is 2.84. The van der Waals surface area contributed by atoms with Crippen molar-refractivity contribution < 1.29 is 19.8 Å². The van der Waals surface area contributed by atoms with Crippen molar-refractivity contribution >= 4 is 29.5 Å². The van der Waals surface area contributed by atoms with Crippen LogP contribution in [0.5, 0.6) is 0 Å². The number of hydrogen-bond acceptors (Lipinski definition) is 6. The summed E-state index contributed by atoms with van der Waals surface area (Å²) < 4.78 is 0. The van der Waals surface area contributed by atoms with E-state index in [9.17, 15) is 19.8 Å². The summed E-state index contributed by atoms with van der Waals surface area (Å²) in [6.45, 7) is 4.14. The van der Waals surface area contributed by atoms with E-state index in [1.165, 1.54) is 16.7 Å². The number of aliphatic imine (C=N–C) groups is 1. The molecule has 3 atom stereocenters. The first kappa shape index (κ1) is 19.7. The number of carboxylic acids is 1. The summed E-state index contributed by atoms with van der Waals surface area (Å²) in [5, 5.41) is 21.0. The number of aliphatic carboxylic acids is 1. The lowest BCUT2D eigenvalue weighted by Crippen LogP contribution is -2.61. The Labute approximate surface area is 151 Å². The van der Waals surface area contributed by atoms with Gasteiger partial charge in [-0.25, -0.2) is 9.80 Å². The number of carboxylic acid groups (broad SMARTS) is 1. The lowest BCUT2D eigenvalue weighted by atomic mass is 9.83. The van der Waals surface area contributed by atoms with Gasteiger partial charge < -0.3 is 20.5 Å². The lowest BCUT2D eigenvalue weighted by Gasteiger charge is -2.44. The fourth-order valence-electron chi connectivity index (χ4n) is 3.19. The average molecular weight is 370 g/mol.